The second-order valence-corrected chi connectivity index (χ2v) is 2.50. The lowest BCUT2D eigenvalue weighted by Gasteiger charge is -2.01. The van der Waals surface area contributed by atoms with Crippen molar-refractivity contribution in [1.82, 2.24) is 9.55 Å². The van der Waals surface area contributed by atoms with E-state index in [0.29, 0.717) is 6.73 Å². The topological polar surface area (TPSA) is 27.1 Å². The van der Waals surface area contributed by atoms with Crippen LogP contribution in [0.25, 0.3) is 0 Å². The monoisotopic (exact) mass is 204 g/mol. The molecule has 0 unspecified atom stereocenters. The Morgan fingerprint density at radius 3 is 3.10 bits per heavy atom. The fraction of sp³-hybridized carbons (Fsp3) is 0.500. The van der Waals surface area contributed by atoms with Crippen molar-refractivity contribution < 1.29 is 4.74 Å². The number of nitrogens with zero attached hydrogens (tertiary/aromatic N) is 2. The molecule has 0 saturated heterocycles. The standard InChI is InChI=1S/C6H9BrN2O/c1-2-10-5-9-4-3-8-6(9)7/h3-4H,2,5H2,1H3. The number of hydrogen-bond donors (Lipinski definition) is 0. The minimum Gasteiger partial charge on any atom is -0.361 e. The van der Waals surface area contributed by atoms with Gasteiger partial charge < -0.3 is 9.30 Å². The average molecular weight is 205 g/mol. The first-order valence-electron chi connectivity index (χ1n) is 3.09. The number of hydrogen-bond acceptors (Lipinski definition) is 2. The van der Waals surface area contributed by atoms with Gasteiger partial charge in [-0.25, -0.2) is 4.98 Å². The normalized spacial score (nSPS) is 10.2. The predicted molar refractivity (Wildman–Crippen MR) is 41.6 cm³/mol. The van der Waals surface area contributed by atoms with E-state index in [1.807, 2.05) is 17.7 Å². The van der Waals surface area contributed by atoms with Crippen LogP contribution < -0.4 is 0 Å². The van der Waals surface area contributed by atoms with Gasteiger partial charge in [0.1, 0.15) is 6.73 Å². The summed E-state index contributed by atoms with van der Waals surface area (Å²) in [5, 5.41) is 0. The zero-order valence-corrected chi connectivity index (χ0v) is 7.34. The Morgan fingerprint density at radius 1 is 1.80 bits per heavy atom. The van der Waals surface area contributed by atoms with Gasteiger partial charge in [0.15, 0.2) is 4.73 Å². The van der Waals surface area contributed by atoms with Crippen LogP contribution in [-0.4, -0.2) is 16.2 Å². The predicted octanol–water partition coefficient (Wildman–Crippen LogP) is 1.64. The molecular weight excluding hydrogens is 196 g/mol. The molecule has 1 aromatic rings. The molecular formula is C6H9BrN2O. The van der Waals surface area contributed by atoms with Crippen molar-refractivity contribution >= 4 is 15.9 Å². The third-order valence-corrected chi connectivity index (χ3v) is 1.76. The molecule has 0 saturated carbocycles. The molecule has 1 heterocycles. The lowest BCUT2D eigenvalue weighted by atomic mass is 10.8. The van der Waals surface area contributed by atoms with Gasteiger partial charge >= 0.3 is 0 Å². The Kier molecular flexibility index (Phi) is 2.89. The number of halogens is 1. The maximum absolute atomic E-state index is 5.15. The van der Waals surface area contributed by atoms with Crippen molar-refractivity contribution in [1.29, 1.82) is 0 Å². The quantitative estimate of drug-likeness (QED) is 0.749. The number of aromatic nitrogens is 2. The van der Waals surface area contributed by atoms with Gasteiger partial charge in [-0.1, -0.05) is 0 Å². The highest BCUT2D eigenvalue weighted by Crippen LogP contribution is 2.05. The van der Waals surface area contributed by atoms with Gasteiger partial charge in [0, 0.05) is 19.0 Å². The largest absolute Gasteiger partial charge is 0.361 e. The average Bonchev–Trinajstić information content (AvgIpc) is 2.31. The minimum absolute atomic E-state index is 0.567. The van der Waals surface area contributed by atoms with Crippen LogP contribution in [0, 0.1) is 0 Å². The van der Waals surface area contributed by atoms with Crippen LogP contribution in [0.1, 0.15) is 6.92 Å². The first kappa shape index (κ1) is 7.75. The molecule has 0 aliphatic heterocycles. The lowest BCUT2D eigenvalue weighted by molar-refractivity contribution is 0.0862. The van der Waals surface area contributed by atoms with E-state index in [1.165, 1.54) is 0 Å². The van der Waals surface area contributed by atoms with Crippen LogP contribution in [0.15, 0.2) is 17.1 Å². The van der Waals surface area contributed by atoms with Gasteiger partial charge in [0.2, 0.25) is 0 Å². The first-order valence-corrected chi connectivity index (χ1v) is 3.88. The van der Waals surface area contributed by atoms with E-state index in [-0.39, 0.29) is 0 Å². The Morgan fingerprint density at radius 2 is 2.60 bits per heavy atom. The van der Waals surface area contributed by atoms with E-state index in [9.17, 15) is 0 Å². The third kappa shape index (κ3) is 1.82. The summed E-state index contributed by atoms with van der Waals surface area (Å²) in [6, 6.07) is 0. The van der Waals surface area contributed by atoms with Crippen LogP contribution in [0.2, 0.25) is 0 Å². The summed E-state index contributed by atoms with van der Waals surface area (Å²) in [6.07, 6.45) is 3.59. The van der Waals surface area contributed by atoms with Crippen molar-refractivity contribution in [3.05, 3.63) is 17.1 Å². The van der Waals surface area contributed by atoms with E-state index in [0.717, 1.165) is 11.3 Å². The van der Waals surface area contributed by atoms with Crippen LogP contribution in [0.4, 0.5) is 0 Å². The summed E-state index contributed by atoms with van der Waals surface area (Å²) >= 11 is 3.27. The summed E-state index contributed by atoms with van der Waals surface area (Å²) < 4.78 is 7.84. The second-order valence-electron chi connectivity index (χ2n) is 1.79. The third-order valence-electron chi connectivity index (χ3n) is 1.10. The molecule has 0 amide bonds. The molecule has 0 atom stereocenters. The van der Waals surface area contributed by atoms with Crippen LogP contribution in [-0.2, 0) is 11.5 Å². The van der Waals surface area contributed by atoms with E-state index in [4.69, 9.17) is 4.74 Å². The molecule has 56 valence electrons. The van der Waals surface area contributed by atoms with Gasteiger partial charge in [0.05, 0.1) is 0 Å². The fourth-order valence-corrected chi connectivity index (χ4v) is 0.936. The molecule has 0 spiro atoms. The molecule has 0 aliphatic carbocycles. The molecule has 0 radical (unpaired) electrons. The summed E-state index contributed by atoms with van der Waals surface area (Å²) in [5.74, 6) is 0. The SMILES string of the molecule is CCOCn1ccnc1Br. The highest BCUT2D eigenvalue weighted by molar-refractivity contribution is 9.10. The zero-order valence-electron chi connectivity index (χ0n) is 5.75. The Hall–Kier alpha value is -0.350. The van der Waals surface area contributed by atoms with E-state index in [1.54, 1.807) is 6.20 Å². The lowest BCUT2D eigenvalue weighted by Crippen LogP contribution is -2.00. The molecule has 1 aromatic heterocycles. The van der Waals surface area contributed by atoms with E-state index >= 15 is 0 Å². The van der Waals surface area contributed by atoms with Gasteiger partial charge in [-0.2, -0.15) is 0 Å². The Bertz CT molecular complexity index is 199. The molecule has 1 rings (SSSR count). The molecule has 3 nitrogen and oxygen atoms in total. The van der Waals surface area contributed by atoms with Crippen molar-refractivity contribution in [2.24, 2.45) is 0 Å². The van der Waals surface area contributed by atoms with Crippen LogP contribution in [0.5, 0.6) is 0 Å². The number of rotatable bonds is 3. The molecule has 0 aliphatic rings. The maximum atomic E-state index is 5.15. The van der Waals surface area contributed by atoms with Gasteiger partial charge in [-0.15, -0.1) is 0 Å². The van der Waals surface area contributed by atoms with Gasteiger partial charge in [-0.05, 0) is 22.9 Å². The minimum atomic E-state index is 0.567. The van der Waals surface area contributed by atoms with Crippen molar-refractivity contribution in [3.8, 4) is 0 Å². The molecule has 0 fully saturated rings. The second kappa shape index (κ2) is 3.73. The molecule has 0 aromatic carbocycles. The van der Waals surface area contributed by atoms with Gasteiger partial charge in [-0.3, -0.25) is 0 Å². The summed E-state index contributed by atoms with van der Waals surface area (Å²) in [7, 11) is 0. The summed E-state index contributed by atoms with van der Waals surface area (Å²) in [6.45, 7) is 3.26. The van der Waals surface area contributed by atoms with Crippen LogP contribution >= 0.6 is 15.9 Å². The van der Waals surface area contributed by atoms with Crippen molar-refractivity contribution in [2.45, 2.75) is 13.7 Å². The molecule has 4 heteroatoms. The Balaban J connectivity index is 2.49. The van der Waals surface area contributed by atoms with E-state index < -0.39 is 0 Å². The smallest absolute Gasteiger partial charge is 0.178 e. The van der Waals surface area contributed by atoms with E-state index in [2.05, 4.69) is 20.9 Å². The number of imidazole rings is 1. The summed E-state index contributed by atoms with van der Waals surface area (Å²) in [5.41, 5.74) is 0. The fourth-order valence-electron chi connectivity index (χ4n) is 0.597. The highest BCUT2D eigenvalue weighted by atomic mass is 79.9. The summed E-state index contributed by atoms with van der Waals surface area (Å²) in [4.78, 5) is 3.97. The number of ether oxygens (including phenoxy) is 1. The molecule has 10 heavy (non-hydrogen) atoms. The first-order chi connectivity index (χ1) is 4.84. The maximum Gasteiger partial charge on any atom is 0.178 e. The van der Waals surface area contributed by atoms with Crippen molar-refractivity contribution in [2.75, 3.05) is 6.61 Å². The highest BCUT2D eigenvalue weighted by Gasteiger charge is 1.94. The van der Waals surface area contributed by atoms with Gasteiger partial charge in [0.25, 0.3) is 0 Å². The molecule has 0 bridgehead atoms. The molecule has 0 N–H and O–H groups in total. The van der Waals surface area contributed by atoms with Crippen molar-refractivity contribution in [3.63, 3.8) is 0 Å². The Labute approximate surface area is 68.1 Å². The van der Waals surface area contributed by atoms with Crippen LogP contribution in [0.3, 0.4) is 0 Å². The zero-order chi connectivity index (χ0) is 7.40.